The second-order valence-corrected chi connectivity index (χ2v) is 6.11. The molecular formula is C18H15BrN2O2. The normalized spacial score (nSPS) is 10.7. The Morgan fingerprint density at radius 1 is 1.00 bits per heavy atom. The number of aromatic nitrogens is 1. The Morgan fingerprint density at radius 3 is 2.65 bits per heavy atom. The highest BCUT2D eigenvalue weighted by Gasteiger charge is 2.11. The van der Waals surface area contributed by atoms with Gasteiger partial charge in [0.1, 0.15) is 0 Å². The molecule has 3 rings (SSSR count). The third-order valence-corrected chi connectivity index (χ3v) is 4.04. The Labute approximate surface area is 142 Å². The van der Waals surface area contributed by atoms with E-state index >= 15 is 0 Å². The van der Waals surface area contributed by atoms with E-state index in [0.29, 0.717) is 5.69 Å². The molecule has 0 unspecified atom stereocenters. The van der Waals surface area contributed by atoms with Crippen LogP contribution in [0.4, 0.5) is 5.69 Å². The third kappa shape index (κ3) is 3.68. The molecule has 0 saturated heterocycles. The first kappa shape index (κ1) is 15.5. The van der Waals surface area contributed by atoms with E-state index < -0.39 is 0 Å². The van der Waals surface area contributed by atoms with Gasteiger partial charge < -0.3 is 5.32 Å². The SMILES string of the molecule is O=C(CCC(=O)n1ccc2ccccc21)Nc1cccc(Br)c1. The van der Waals surface area contributed by atoms with Crippen molar-refractivity contribution < 1.29 is 9.59 Å². The van der Waals surface area contributed by atoms with Gasteiger partial charge in [-0.1, -0.05) is 40.2 Å². The summed E-state index contributed by atoms with van der Waals surface area (Å²) < 4.78 is 2.49. The largest absolute Gasteiger partial charge is 0.326 e. The van der Waals surface area contributed by atoms with Gasteiger partial charge in [0.15, 0.2) is 0 Å². The van der Waals surface area contributed by atoms with E-state index in [1.807, 2.05) is 54.6 Å². The zero-order chi connectivity index (χ0) is 16.2. The Kier molecular flexibility index (Phi) is 4.57. The molecule has 0 spiro atoms. The molecule has 2 aromatic carbocycles. The lowest BCUT2D eigenvalue weighted by atomic mass is 10.2. The number of benzene rings is 2. The van der Waals surface area contributed by atoms with Gasteiger partial charge in [-0.3, -0.25) is 14.2 Å². The molecule has 23 heavy (non-hydrogen) atoms. The van der Waals surface area contributed by atoms with Crippen molar-refractivity contribution in [1.82, 2.24) is 4.57 Å². The van der Waals surface area contributed by atoms with Gasteiger partial charge in [-0.25, -0.2) is 0 Å². The van der Waals surface area contributed by atoms with E-state index in [2.05, 4.69) is 21.2 Å². The van der Waals surface area contributed by atoms with Crippen molar-refractivity contribution in [3.05, 3.63) is 65.3 Å². The van der Waals surface area contributed by atoms with Crippen LogP contribution in [0.25, 0.3) is 10.9 Å². The Hall–Kier alpha value is -2.40. The first-order valence-electron chi connectivity index (χ1n) is 7.28. The fourth-order valence-corrected chi connectivity index (χ4v) is 2.83. The summed E-state index contributed by atoms with van der Waals surface area (Å²) >= 11 is 3.35. The second kappa shape index (κ2) is 6.79. The molecule has 116 valence electrons. The lowest BCUT2D eigenvalue weighted by molar-refractivity contribution is -0.116. The van der Waals surface area contributed by atoms with E-state index in [9.17, 15) is 9.59 Å². The number of nitrogens with one attached hydrogen (secondary N) is 1. The predicted octanol–water partition coefficient (Wildman–Crippen LogP) is 4.46. The molecule has 0 bridgehead atoms. The van der Waals surface area contributed by atoms with Gasteiger partial charge in [0.25, 0.3) is 0 Å². The minimum atomic E-state index is -0.173. The van der Waals surface area contributed by atoms with E-state index in [0.717, 1.165) is 15.4 Å². The number of fused-ring (bicyclic) bond motifs is 1. The molecule has 1 N–H and O–H groups in total. The maximum Gasteiger partial charge on any atom is 0.231 e. The molecule has 1 amide bonds. The number of para-hydroxylation sites is 1. The van der Waals surface area contributed by atoms with Crippen molar-refractivity contribution in [3.63, 3.8) is 0 Å². The number of nitrogens with zero attached hydrogens (tertiary/aromatic N) is 1. The molecule has 0 aliphatic rings. The summed E-state index contributed by atoms with van der Waals surface area (Å²) in [5.74, 6) is -0.261. The summed E-state index contributed by atoms with van der Waals surface area (Å²) in [7, 11) is 0. The van der Waals surface area contributed by atoms with Crippen molar-refractivity contribution in [2.45, 2.75) is 12.8 Å². The van der Waals surface area contributed by atoms with E-state index in [1.54, 1.807) is 10.8 Å². The van der Waals surface area contributed by atoms with Crippen molar-refractivity contribution in [2.75, 3.05) is 5.32 Å². The fraction of sp³-hybridized carbons (Fsp3) is 0.111. The number of hydrogen-bond donors (Lipinski definition) is 1. The topological polar surface area (TPSA) is 51.1 Å². The molecular weight excluding hydrogens is 356 g/mol. The minimum Gasteiger partial charge on any atom is -0.326 e. The van der Waals surface area contributed by atoms with E-state index in [1.165, 1.54) is 0 Å². The second-order valence-electron chi connectivity index (χ2n) is 5.20. The molecule has 1 aromatic heterocycles. The zero-order valence-corrected chi connectivity index (χ0v) is 13.9. The van der Waals surface area contributed by atoms with Gasteiger partial charge in [-0.15, -0.1) is 0 Å². The maximum atomic E-state index is 12.3. The molecule has 0 aliphatic heterocycles. The predicted molar refractivity (Wildman–Crippen MR) is 94.6 cm³/mol. The Bertz CT molecular complexity index is 870. The number of carbonyl (C=O) groups is 2. The first-order chi connectivity index (χ1) is 11.1. The number of amides is 1. The third-order valence-electron chi connectivity index (χ3n) is 3.54. The summed E-state index contributed by atoms with van der Waals surface area (Å²) in [6.45, 7) is 0. The number of halogens is 1. The monoisotopic (exact) mass is 370 g/mol. The molecule has 0 saturated carbocycles. The molecule has 4 nitrogen and oxygen atoms in total. The highest BCUT2D eigenvalue weighted by molar-refractivity contribution is 9.10. The maximum absolute atomic E-state index is 12.3. The summed E-state index contributed by atoms with van der Waals surface area (Å²) in [6, 6.07) is 16.9. The Balaban J connectivity index is 1.61. The van der Waals surface area contributed by atoms with E-state index in [4.69, 9.17) is 0 Å². The lowest BCUT2D eigenvalue weighted by Gasteiger charge is -2.06. The van der Waals surface area contributed by atoms with Gasteiger partial charge in [0, 0.05) is 34.6 Å². The van der Waals surface area contributed by atoms with Crippen molar-refractivity contribution >= 4 is 44.3 Å². The molecule has 1 heterocycles. The summed E-state index contributed by atoms with van der Waals surface area (Å²) in [5.41, 5.74) is 1.58. The highest BCUT2D eigenvalue weighted by Crippen LogP contribution is 2.17. The van der Waals surface area contributed by atoms with Crippen molar-refractivity contribution in [3.8, 4) is 0 Å². The van der Waals surface area contributed by atoms with Crippen LogP contribution >= 0.6 is 15.9 Å². The smallest absolute Gasteiger partial charge is 0.231 e. The number of carbonyl (C=O) groups excluding carboxylic acids is 2. The quantitative estimate of drug-likeness (QED) is 0.736. The standard InChI is InChI=1S/C18H15BrN2O2/c19-14-5-3-6-15(12-14)20-17(22)8-9-18(23)21-11-10-13-4-1-2-7-16(13)21/h1-7,10-12H,8-9H2,(H,20,22). The van der Waals surface area contributed by atoms with Crippen LogP contribution < -0.4 is 5.32 Å². The van der Waals surface area contributed by atoms with Crippen LogP contribution in [-0.2, 0) is 4.79 Å². The van der Waals surface area contributed by atoms with Gasteiger partial charge >= 0.3 is 0 Å². The lowest BCUT2D eigenvalue weighted by Crippen LogP contribution is -2.16. The van der Waals surface area contributed by atoms with E-state index in [-0.39, 0.29) is 24.7 Å². The summed E-state index contributed by atoms with van der Waals surface area (Å²) in [6.07, 6.45) is 2.07. The van der Waals surface area contributed by atoms with Crippen LogP contribution in [0.3, 0.4) is 0 Å². The van der Waals surface area contributed by atoms with Crippen LogP contribution in [0.15, 0.2) is 65.3 Å². The van der Waals surface area contributed by atoms with Crippen LogP contribution in [0.1, 0.15) is 17.6 Å². The number of hydrogen-bond acceptors (Lipinski definition) is 2. The number of anilines is 1. The van der Waals surface area contributed by atoms with Crippen LogP contribution in [0, 0.1) is 0 Å². The van der Waals surface area contributed by atoms with Crippen molar-refractivity contribution in [1.29, 1.82) is 0 Å². The van der Waals surface area contributed by atoms with Crippen LogP contribution in [-0.4, -0.2) is 16.4 Å². The van der Waals surface area contributed by atoms with Gasteiger partial charge in [-0.2, -0.15) is 0 Å². The highest BCUT2D eigenvalue weighted by atomic mass is 79.9. The Morgan fingerprint density at radius 2 is 1.83 bits per heavy atom. The van der Waals surface area contributed by atoms with Crippen molar-refractivity contribution in [2.24, 2.45) is 0 Å². The van der Waals surface area contributed by atoms with Gasteiger partial charge in [-0.05, 0) is 30.3 Å². The molecule has 0 fully saturated rings. The summed E-state index contributed by atoms with van der Waals surface area (Å²) in [5, 5.41) is 3.80. The van der Waals surface area contributed by atoms with Crippen LogP contribution in [0.5, 0.6) is 0 Å². The van der Waals surface area contributed by atoms with Gasteiger partial charge in [0.2, 0.25) is 11.8 Å². The first-order valence-corrected chi connectivity index (χ1v) is 8.07. The average molecular weight is 371 g/mol. The molecule has 3 aromatic rings. The average Bonchev–Trinajstić information content (AvgIpc) is 2.97. The number of rotatable bonds is 4. The fourth-order valence-electron chi connectivity index (χ4n) is 2.43. The summed E-state index contributed by atoms with van der Waals surface area (Å²) in [4.78, 5) is 24.3. The molecule has 0 atom stereocenters. The minimum absolute atomic E-state index is 0.0874. The zero-order valence-electron chi connectivity index (χ0n) is 12.3. The van der Waals surface area contributed by atoms with Gasteiger partial charge in [0.05, 0.1) is 5.52 Å². The molecule has 5 heteroatoms. The molecule has 0 aliphatic carbocycles. The molecule has 0 radical (unpaired) electrons. The van der Waals surface area contributed by atoms with Crippen LogP contribution in [0.2, 0.25) is 0 Å².